The summed E-state index contributed by atoms with van der Waals surface area (Å²) in [6, 6.07) is -0.0866. The number of hydrogen-bond acceptors (Lipinski definition) is 4. The zero-order valence-corrected chi connectivity index (χ0v) is 12.8. The fourth-order valence-electron chi connectivity index (χ4n) is 3.94. The van der Waals surface area contributed by atoms with Crippen molar-refractivity contribution in [1.82, 2.24) is 10.2 Å². The van der Waals surface area contributed by atoms with Crippen molar-refractivity contribution in [1.29, 1.82) is 0 Å². The minimum atomic E-state index is -3.05. The van der Waals surface area contributed by atoms with Gasteiger partial charge in [-0.1, -0.05) is 19.3 Å². The SMILES string of the molecule is O=C(C1CCCN1)N1CCS(=O)(=O)C2(CCCCC2)C1. The fraction of sp³-hybridized carbons (Fsp3) is 0.929. The number of rotatable bonds is 1. The van der Waals surface area contributed by atoms with Crippen LogP contribution in [0.3, 0.4) is 0 Å². The van der Waals surface area contributed by atoms with E-state index in [-0.39, 0.29) is 17.7 Å². The highest BCUT2D eigenvalue weighted by Gasteiger charge is 2.49. The Kier molecular flexibility index (Phi) is 3.79. The van der Waals surface area contributed by atoms with E-state index < -0.39 is 14.6 Å². The minimum absolute atomic E-state index is 0.0866. The van der Waals surface area contributed by atoms with E-state index >= 15 is 0 Å². The summed E-state index contributed by atoms with van der Waals surface area (Å²) in [6.07, 6.45) is 6.46. The first-order valence-electron chi connectivity index (χ1n) is 7.79. The molecule has 5 nitrogen and oxygen atoms in total. The highest BCUT2D eigenvalue weighted by atomic mass is 32.2. The van der Waals surface area contributed by atoms with E-state index in [2.05, 4.69) is 5.32 Å². The number of nitrogens with zero attached hydrogens (tertiary/aromatic N) is 1. The van der Waals surface area contributed by atoms with Crippen LogP contribution in [0.5, 0.6) is 0 Å². The quantitative estimate of drug-likeness (QED) is 0.774. The second-order valence-corrected chi connectivity index (χ2v) is 8.98. The van der Waals surface area contributed by atoms with Crippen molar-refractivity contribution in [3.63, 3.8) is 0 Å². The molecule has 1 aliphatic carbocycles. The zero-order valence-electron chi connectivity index (χ0n) is 11.9. The number of carbonyl (C=O) groups excluding carboxylic acids is 1. The number of carbonyl (C=O) groups is 1. The minimum Gasteiger partial charge on any atom is -0.339 e. The Morgan fingerprint density at radius 1 is 1.15 bits per heavy atom. The van der Waals surface area contributed by atoms with E-state index in [9.17, 15) is 13.2 Å². The van der Waals surface area contributed by atoms with E-state index in [1.165, 1.54) is 0 Å². The van der Waals surface area contributed by atoms with Gasteiger partial charge in [0.05, 0.1) is 16.5 Å². The molecule has 0 aromatic heterocycles. The molecule has 6 heteroatoms. The van der Waals surface area contributed by atoms with Crippen molar-refractivity contribution in [2.45, 2.75) is 55.7 Å². The Morgan fingerprint density at radius 2 is 1.90 bits per heavy atom. The molecule has 1 atom stereocenters. The van der Waals surface area contributed by atoms with Crippen LogP contribution in [0.4, 0.5) is 0 Å². The molecule has 0 aromatic carbocycles. The summed E-state index contributed by atoms with van der Waals surface area (Å²) in [6.45, 7) is 1.70. The molecule has 1 saturated carbocycles. The molecule has 0 radical (unpaired) electrons. The highest BCUT2D eigenvalue weighted by Crippen LogP contribution is 2.38. The van der Waals surface area contributed by atoms with E-state index in [0.29, 0.717) is 13.1 Å². The maximum atomic E-state index is 12.5. The van der Waals surface area contributed by atoms with Crippen molar-refractivity contribution in [3.05, 3.63) is 0 Å². The normalized spacial score (nSPS) is 32.4. The third kappa shape index (κ3) is 2.37. The third-order valence-electron chi connectivity index (χ3n) is 5.20. The predicted molar refractivity (Wildman–Crippen MR) is 77.2 cm³/mol. The van der Waals surface area contributed by atoms with Crippen molar-refractivity contribution in [3.8, 4) is 0 Å². The number of sulfone groups is 1. The van der Waals surface area contributed by atoms with E-state index in [4.69, 9.17) is 0 Å². The average molecular weight is 300 g/mol. The van der Waals surface area contributed by atoms with Gasteiger partial charge in [0.15, 0.2) is 9.84 Å². The molecule has 3 fully saturated rings. The van der Waals surface area contributed by atoms with Gasteiger partial charge in [-0.25, -0.2) is 8.42 Å². The van der Waals surface area contributed by atoms with E-state index in [1.807, 2.05) is 4.90 Å². The van der Waals surface area contributed by atoms with Crippen LogP contribution in [0, 0.1) is 0 Å². The predicted octanol–water partition coefficient (Wildman–Crippen LogP) is 0.698. The van der Waals surface area contributed by atoms with Crippen molar-refractivity contribution >= 4 is 15.7 Å². The van der Waals surface area contributed by atoms with E-state index in [0.717, 1.165) is 51.5 Å². The van der Waals surface area contributed by atoms with Crippen molar-refractivity contribution in [2.75, 3.05) is 25.4 Å². The van der Waals surface area contributed by atoms with Gasteiger partial charge in [0.25, 0.3) is 0 Å². The Bertz CT molecular complexity index is 477. The van der Waals surface area contributed by atoms with Gasteiger partial charge in [-0.2, -0.15) is 0 Å². The van der Waals surface area contributed by atoms with Gasteiger partial charge >= 0.3 is 0 Å². The van der Waals surface area contributed by atoms with E-state index in [1.54, 1.807) is 0 Å². The molecule has 0 bridgehead atoms. The summed E-state index contributed by atoms with van der Waals surface area (Å²) in [5, 5.41) is 3.23. The Hall–Kier alpha value is -0.620. The van der Waals surface area contributed by atoms with Crippen LogP contribution in [-0.4, -0.2) is 55.4 Å². The van der Waals surface area contributed by atoms with Crippen LogP contribution in [0.1, 0.15) is 44.9 Å². The summed E-state index contributed by atoms with van der Waals surface area (Å²) in [5.41, 5.74) is 0. The molecule has 114 valence electrons. The summed E-state index contributed by atoms with van der Waals surface area (Å²) in [4.78, 5) is 14.3. The first-order chi connectivity index (χ1) is 9.54. The topological polar surface area (TPSA) is 66.5 Å². The van der Waals surface area contributed by atoms with Gasteiger partial charge in [-0.15, -0.1) is 0 Å². The van der Waals surface area contributed by atoms with Gasteiger partial charge < -0.3 is 10.2 Å². The Labute approximate surface area is 121 Å². The molecule has 20 heavy (non-hydrogen) atoms. The van der Waals surface area contributed by atoms with Gasteiger partial charge in [0.2, 0.25) is 5.91 Å². The number of nitrogens with one attached hydrogen (secondary N) is 1. The van der Waals surface area contributed by atoms with Crippen LogP contribution in [0.25, 0.3) is 0 Å². The summed E-state index contributed by atoms with van der Waals surface area (Å²) >= 11 is 0. The molecular formula is C14H24N2O3S. The Morgan fingerprint density at radius 3 is 2.55 bits per heavy atom. The van der Waals surface area contributed by atoms with Gasteiger partial charge in [-0.3, -0.25) is 4.79 Å². The second kappa shape index (κ2) is 5.30. The molecule has 2 saturated heterocycles. The van der Waals surface area contributed by atoms with Crippen molar-refractivity contribution in [2.24, 2.45) is 0 Å². The van der Waals surface area contributed by atoms with Gasteiger partial charge in [0.1, 0.15) is 0 Å². The van der Waals surface area contributed by atoms with Crippen LogP contribution in [0.2, 0.25) is 0 Å². The molecule has 1 spiro atoms. The summed E-state index contributed by atoms with van der Waals surface area (Å²) in [5.74, 6) is 0.258. The molecule has 2 heterocycles. The molecular weight excluding hydrogens is 276 g/mol. The molecule has 1 amide bonds. The van der Waals surface area contributed by atoms with Gasteiger partial charge in [-0.05, 0) is 32.2 Å². The lowest BCUT2D eigenvalue weighted by molar-refractivity contribution is -0.133. The molecule has 3 aliphatic rings. The zero-order chi connectivity index (χ0) is 14.2. The lowest BCUT2D eigenvalue weighted by Gasteiger charge is -2.44. The molecule has 1 unspecified atom stereocenters. The largest absolute Gasteiger partial charge is 0.339 e. The molecule has 0 aromatic rings. The summed E-state index contributed by atoms with van der Waals surface area (Å²) < 4.78 is 24.3. The first-order valence-corrected chi connectivity index (χ1v) is 9.44. The highest BCUT2D eigenvalue weighted by molar-refractivity contribution is 7.92. The lowest BCUT2D eigenvalue weighted by atomic mass is 9.87. The maximum absolute atomic E-state index is 12.5. The van der Waals surface area contributed by atoms with Crippen LogP contribution < -0.4 is 5.32 Å². The molecule has 1 N–H and O–H groups in total. The van der Waals surface area contributed by atoms with Gasteiger partial charge in [0, 0.05) is 13.1 Å². The standard InChI is InChI=1S/C14H24N2O3S/c17-13(12-5-4-8-15-12)16-9-10-20(18,19)14(11-16)6-2-1-3-7-14/h12,15H,1-11H2. The second-order valence-electron chi connectivity index (χ2n) is 6.47. The molecule has 3 rings (SSSR count). The third-order valence-corrected chi connectivity index (χ3v) is 7.78. The van der Waals surface area contributed by atoms with Crippen LogP contribution in [0.15, 0.2) is 0 Å². The lowest BCUT2D eigenvalue weighted by Crippen LogP contribution is -2.60. The van der Waals surface area contributed by atoms with Crippen molar-refractivity contribution < 1.29 is 13.2 Å². The summed E-state index contributed by atoms with van der Waals surface area (Å²) in [7, 11) is -3.05. The van der Waals surface area contributed by atoms with Crippen LogP contribution in [-0.2, 0) is 14.6 Å². The smallest absolute Gasteiger partial charge is 0.239 e. The average Bonchev–Trinajstić information content (AvgIpc) is 2.96. The first kappa shape index (κ1) is 14.3. The fourth-order valence-corrected chi connectivity index (χ4v) is 6.10. The maximum Gasteiger partial charge on any atom is 0.239 e. The number of hydrogen-bond donors (Lipinski definition) is 1. The van der Waals surface area contributed by atoms with Crippen LogP contribution >= 0.6 is 0 Å². The Balaban J connectivity index is 1.77. The monoisotopic (exact) mass is 300 g/mol. The number of amides is 1. The molecule has 2 aliphatic heterocycles.